The molecule has 0 saturated carbocycles. The van der Waals surface area contributed by atoms with Crippen LogP contribution in [0.15, 0.2) is 24.3 Å². The number of morpholine rings is 1. The van der Waals surface area contributed by atoms with Crippen molar-refractivity contribution >= 4 is 12.4 Å². The molecule has 0 amide bonds. The van der Waals surface area contributed by atoms with Crippen LogP contribution in [0.3, 0.4) is 0 Å². The van der Waals surface area contributed by atoms with E-state index in [9.17, 15) is 0 Å². The van der Waals surface area contributed by atoms with Crippen molar-refractivity contribution in [3.8, 4) is 11.5 Å². The van der Waals surface area contributed by atoms with Crippen molar-refractivity contribution in [1.82, 2.24) is 4.90 Å². The predicted octanol–water partition coefficient (Wildman–Crippen LogP) is 2.22. The Hall–Kier alpha value is -0.970. The molecule has 0 aromatic heterocycles. The standard InChI is InChI=1S/C14H21NO3.ClH/c1-2-17-13-5-3-4-6-14(13)18-12-9-15-7-10-16-11-8-15;/h3-6H,2,7-12H2,1H3;1H. The van der Waals surface area contributed by atoms with Gasteiger partial charge < -0.3 is 14.2 Å². The largest absolute Gasteiger partial charge is 0.490 e. The molecule has 5 heteroatoms. The van der Waals surface area contributed by atoms with Gasteiger partial charge in [-0.05, 0) is 19.1 Å². The van der Waals surface area contributed by atoms with E-state index in [4.69, 9.17) is 14.2 Å². The first-order valence-corrected chi connectivity index (χ1v) is 6.55. The number of hydrogen-bond donors (Lipinski definition) is 0. The van der Waals surface area contributed by atoms with Gasteiger partial charge in [0, 0.05) is 19.6 Å². The highest BCUT2D eigenvalue weighted by Crippen LogP contribution is 2.26. The minimum atomic E-state index is 0. The molecule has 0 radical (unpaired) electrons. The summed E-state index contributed by atoms with van der Waals surface area (Å²) in [5, 5.41) is 0. The third-order valence-electron chi connectivity index (χ3n) is 2.92. The van der Waals surface area contributed by atoms with Crippen molar-refractivity contribution in [1.29, 1.82) is 0 Å². The molecule has 0 aliphatic carbocycles. The van der Waals surface area contributed by atoms with Crippen LogP contribution < -0.4 is 9.47 Å². The van der Waals surface area contributed by atoms with Gasteiger partial charge in [0.15, 0.2) is 11.5 Å². The Morgan fingerprint density at radius 2 is 1.74 bits per heavy atom. The van der Waals surface area contributed by atoms with Crippen molar-refractivity contribution < 1.29 is 14.2 Å². The Labute approximate surface area is 121 Å². The fraction of sp³-hybridized carbons (Fsp3) is 0.571. The zero-order valence-electron chi connectivity index (χ0n) is 11.3. The van der Waals surface area contributed by atoms with Gasteiger partial charge in [-0.15, -0.1) is 12.4 Å². The maximum Gasteiger partial charge on any atom is 0.161 e. The number of benzene rings is 1. The van der Waals surface area contributed by atoms with Crippen LogP contribution in [0.2, 0.25) is 0 Å². The van der Waals surface area contributed by atoms with Gasteiger partial charge in [-0.1, -0.05) is 12.1 Å². The van der Waals surface area contributed by atoms with Gasteiger partial charge in [-0.2, -0.15) is 0 Å². The summed E-state index contributed by atoms with van der Waals surface area (Å²) in [5.74, 6) is 1.65. The number of nitrogens with zero attached hydrogens (tertiary/aromatic N) is 1. The van der Waals surface area contributed by atoms with E-state index in [2.05, 4.69) is 4.90 Å². The second-order valence-electron chi connectivity index (χ2n) is 4.18. The number of halogens is 1. The molecule has 19 heavy (non-hydrogen) atoms. The number of para-hydroxylation sites is 2. The van der Waals surface area contributed by atoms with Gasteiger partial charge >= 0.3 is 0 Å². The van der Waals surface area contributed by atoms with E-state index in [0.29, 0.717) is 13.2 Å². The molecule has 1 heterocycles. The van der Waals surface area contributed by atoms with Gasteiger partial charge in [0.25, 0.3) is 0 Å². The molecule has 1 fully saturated rings. The molecule has 0 bridgehead atoms. The summed E-state index contributed by atoms with van der Waals surface area (Å²) in [5.41, 5.74) is 0. The van der Waals surface area contributed by atoms with Crippen molar-refractivity contribution in [2.24, 2.45) is 0 Å². The van der Waals surface area contributed by atoms with Crippen LogP contribution in [0.25, 0.3) is 0 Å². The molecule has 1 aromatic rings. The van der Waals surface area contributed by atoms with Crippen molar-refractivity contribution in [3.05, 3.63) is 24.3 Å². The van der Waals surface area contributed by atoms with Crippen LogP contribution in [-0.2, 0) is 4.74 Å². The third kappa shape index (κ3) is 5.27. The zero-order chi connectivity index (χ0) is 12.6. The minimum Gasteiger partial charge on any atom is -0.490 e. The summed E-state index contributed by atoms with van der Waals surface area (Å²) in [4.78, 5) is 2.35. The number of rotatable bonds is 6. The van der Waals surface area contributed by atoms with E-state index >= 15 is 0 Å². The molecule has 1 aromatic carbocycles. The summed E-state index contributed by atoms with van der Waals surface area (Å²) in [7, 11) is 0. The van der Waals surface area contributed by atoms with Crippen LogP contribution in [-0.4, -0.2) is 51.0 Å². The summed E-state index contributed by atoms with van der Waals surface area (Å²) in [6, 6.07) is 7.81. The Bertz CT molecular complexity index is 356. The first-order valence-electron chi connectivity index (χ1n) is 6.55. The van der Waals surface area contributed by atoms with Gasteiger partial charge in [0.1, 0.15) is 6.61 Å². The Morgan fingerprint density at radius 3 is 2.37 bits per heavy atom. The van der Waals surface area contributed by atoms with E-state index in [1.165, 1.54) is 0 Å². The van der Waals surface area contributed by atoms with E-state index in [0.717, 1.165) is 44.3 Å². The summed E-state index contributed by atoms with van der Waals surface area (Å²) in [6.45, 7) is 7.90. The lowest BCUT2D eigenvalue weighted by atomic mass is 10.3. The molecule has 2 rings (SSSR count). The molecule has 1 saturated heterocycles. The summed E-state index contributed by atoms with van der Waals surface area (Å²) >= 11 is 0. The molecule has 0 atom stereocenters. The molecular weight excluding hydrogens is 266 g/mol. The number of ether oxygens (including phenoxy) is 3. The maximum absolute atomic E-state index is 5.78. The first kappa shape index (κ1) is 16.1. The van der Waals surface area contributed by atoms with E-state index in [-0.39, 0.29) is 12.4 Å². The van der Waals surface area contributed by atoms with Crippen LogP contribution >= 0.6 is 12.4 Å². The quantitative estimate of drug-likeness (QED) is 0.803. The van der Waals surface area contributed by atoms with Crippen molar-refractivity contribution in [3.63, 3.8) is 0 Å². The Morgan fingerprint density at radius 1 is 1.11 bits per heavy atom. The molecule has 1 aliphatic heterocycles. The van der Waals surface area contributed by atoms with Crippen molar-refractivity contribution in [2.75, 3.05) is 46.1 Å². The van der Waals surface area contributed by atoms with E-state index in [1.807, 2.05) is 31.2 Å². The maximum atomic E-state index is 5.78. The second kappa shape index (κ2) is 9.02. The van der Waals surface area contributed by atoms with Crippen molar-refractivity contribution in [2.45, 2.75) is 6.92 Å². The molecule has 0 spiro atoms. The molecule has 108 valence electrons. The Balaban J connectivity index is 0.00000180. The SMILES string of the molecule is CCOc1ccccc1OCCN1CCOCC1.Cl. The lowest BCUT2D eigenvalue weighted by Crippen LogP contribution is -2.38. The van der Waals surface area contributed by atoms with Gasteiger partial charge in [-0.3, -0.25) is 4.90 Å². The second-order valence-corrected chi connectivity index (χ2v) is 4.18. The highest BCUT2D eigenvalue weighted by Gasteiger charge is 2.10. The van der Waals surface area contributed by atoms with Crippen LogP contribution in [0.1, 0.15) is 6.92 Å². The van der Waals surface area contributed by atoms with Gasteiger partial charge in [0.2, 0.25) is 0 Å². The average molecular weight is 288 g/mol. The topological polar surface area (TPSA) is 30.9 Å². The third-order valence-corrected chi connectivity index (χ3v) is 2.92. The molecule has 0 N–H and O–H groups in total. The van der Waals surface area contributed by atoms with E-state index in [1.54, 1.807) is 0 Å². The molecular formula is C14H22ClNO3. The lowest BCUT2D eigenvalue weighted by molar-refractivity contribution is 0.0321. The average Bonchev–Trinajstić information content (AvgIpc) is 2.42. The fourth-order valence-corrected chi connectivity index (χ4v) is 1.95. The Kier molecular flexibility index (Phi) is 7.63. The normalized spacial score (nSPS) is 15.6. The minimum absolute atomic E-state index is 0. The van der Waals surface area contributed by atoms with Gasteiger partial charge in [0.05, 0.1) is 19.8 Å². The smallest absolute Gasteiger partial charge is 0.161 e. The molecule has 1 aliphatic rings. The zero-order valence-corrected chi connectivity index (χ0v) is 12.2. The monoisotopic (exact) mass is 287 g/mol. The summed E-state index contributed by atoms with van der Waals surface area (Å²) < 4.78 is 16.6. The predicted molar refractivity (Wildman–Crippen MR) is 77.6 cm³/mol. The number of hydrogen-bond acceptors (Lipinski definition) is 4. The molecule has 0 unspecified atom stereocenters. The van der Waals surface area contributed by atoms with Crippen LogP contribution in [0, 0.1) is 0 Å². The van der Waals surface area contributed by atoms with E-state index < -0.39 is 0 Å². The lowest BCUT2D eigenvalue weighted by Gasteiger charge is -2.26. The van der Waals surface area contributed by atoms with Gasteiger partial charge in [-0.25, -0.2) is 0 Å². The van der Waals surface area contributed by atoms with Crippen LogP contribution in [0.4, 0.5) is 0 Å². The molecule has 4 nitrogen and oxygen atoms in total. The highest BCUT2D eigenvalue weighted by molar-refractivity contribution is 5.85. The first-order chi connectivity index (χ1) is 8.90. The van der Waals surface area contributed by atoms with Crippen LogP contribution in [0.5, 0.6) is 11.5 Å². The fourth-order valence-electron chi connectivity index (χ4n) is 1.95. The summed E-state index contributed by atoms with van der Waals surface area (Å²) in [6.07, 6.45) is 0. The highest BCUT2D eigenvalue weighted by atomic mass is 35.5.